The lowest BCUT2D eigenvalue weighted by Gasteiger charge is -2.24. The van der Waals surface area contributed by atoms with Crippen LogP contribution in [-0.4, -0.2) is 17.8 Å². The monoisotopic (exact) mass is 276 g/mol. The van der Waals surface area contributed by atoms with Gasteiger partial charge in [0, 0.05) is 11.3 Å². The predicted molar refractivity (Wildman–Crippen MR) is 77.4 cm³/mol. The molecule has 20 heavy (non-hydrogen) atoms. The highest BCUT2D eigenvalue weighted by molar-refractivity contribution is 5.86. The van der Waals surface area contributed by atoms with Gasteiger partial charge < -0.3 is 4.74 Å². The van der Waals surface area contributed by atoms with Crippen LogP contribution in [0.4, 0.5) is 10.5 Å². The molecule has 5 heteroatoms. The summed E-state index contributed by atoms with van der Waals surface area (Å²) in [4.78, 5) is 26.1. The van der Waals surface area contributed by atoms with Crippen molar-refractivity contribution < 1.29 is 14.3 Å². The molecule has 0 aliphatic rings. The second-order valence-electron chi connectivity index (χ2n) is 5.93. The number of hydrogen-bond donors (Lipinski definition) is 1. The number of ether oxygens (including phenoxy) is 1. The number of rotatable bonds is 3. The summed E-state index contributed by atoms with van der Waals surface area (Å²) in [6.45, 7) is 8.92. The van der Waals surface area contributed by atoms with Gasteiger partial charge in [0.05, 0.1) is 5.54 Å². The molecule has 5 nitrogen and oxygen atoms in total. The number of isocyanates is 1. The maximum Gasteiger partial charge on any atom is 0.412 e. The van der Waals surface area contributed by atoms with Crippen molar-refractivity contribution >= 4 is 17.9 Å². The lowest BCUT2D eigenvalue weighted by atomic mass is 9.93. The molecular formula is C15H20N2O3. The summed E-state index contributed by atoms with van der Waals surface area (Å²) in [5.41, 5.74) is -0.0667. The van der Waals surface area contributed by atoms with Gasteiger partial charge in [-0.2, -0.15) is 4.99 Å². The lowest BCUT2D eigenvalue weighted by molar-refractivity contribution is 0.0635. The molecule has 0 aliphatic heterocycles. The smallest absolute Gasteiger partial charge is 0.412 e. The summed E-state index contributed by atoms with van der Waals surface area (Å²) in [6, 6.07) is 7.14. The number of hydrogen-bond acceptors (Lipinski definition) is 4. The fourth-order valence-electron chi connectivity index (χ4n) is 1.71. The van der Waals surface area contributed by atoms with Crippen LogP contribution in [0.25, 0.3) is 0 Å². The van der Waals surface area contributed by atoms with Gasteiger partial charge >= 0.3 is 6.09 Å². The molecule has 0 unspecified atom stereocenters. The van der Waals surface area contributed by atoms with Gasteiger partial charge in [-0.05, 0) is 40.7 Å². The van der Waals surface area contributed by atoms with Crippen LogP contribution in [-0.2, 0) is 15.1 Å². The standard InChI is InChI=1S/C15H20N2O3/c1-14(2,3)20-13(19)17-12-9-7-6-8-11(12)15(4,5)16-10-18/h6-9H,1-5H3,(H,17,19). The number of aliphatic imine (C=N–C) groups is 1. The molecule has 1 N–H and O–H groups in total. The third-order valence-electron chi connectivity index (χ3n) is 2.55. The zero-order valence-corrected chi connectivity index (χ0v) is 12.5. The van der Waals surface area contributed by atoms with E-state index in [-0.39, 0.29) is 0 Å². The van der Waals surface area contributed by atoms with Crippen LogP contribution in [0.1, 0.15) is 40.2 Å². The molecule has 1 rings (SSSR count). The Bertz CT molecular complexity index is 538. The minimum Gasteiger partial charge on any atom is -0.444 e. The van der Waals surface area contributed by atoms with Crippen LogP contribution in [0.2, 0.25) is 0 Å². The molecule has 0 aromatic heterocycles. The largest absolute Gasteiger partial charge is 0.444 e. The van der Waals surface area contributed by atoms with E-state index in [4.69, 9.17) is 4.74 Å². The van der Waals surface area contributed by atoms with E-state index < -0.39 is 17.2 Å². The van der Waals surface area contributed by atoms with Gasteiger partial charge in [-0.15, -0.1) is 0 Å². The maximum atomic E-state index is 11.8. The third-order valence-corrected chi connectivity index (χ3v) is 2.55. The molecule has 0 aliphatic carbocycles. The molecule has 1 aromatic carbocycles. The second kappa shape index (κ2) is 5.88. The van der Waals surface area contributed by atoms with Gasteiger partial charge in [-0.25, -0.2) is 9.59 Å². The molecule has 108 valence electrons. The van der Waals surface area contributed by atoms with Crippen molar-refractivity contribution in [2.45, 2.75) is 45.8 Å². The van der Waals surface area contributed by atoms with Crippen LogP contribution in [0.15, 0.2) is 29.3 Å². The number of para-hydroxylation sites is 1. The number of carbonyl (C=O) groups is 1. The van der Waals surface area contributed by atoms with Gasteiger partial charge in [-0.3, -0.25) is 5.32 Å². The minimum absolute atomic E-state index is 0.546. The number of anilines is 1. The summed E-state index contributed by atoms with van der Waals surface area (Å²) < 4.78 is 5.21. The fraction of sp³-hybridized carbons (Fsp3) is 0.467. The zero-order valence-electron chi connectivity index (χ0n) is 12.5. The fourth-order valence-corrected chi connectivity index (χ4v) is 1.71. The third kappa shape index (κ3) is 4.52. The van der Waals surface area contributed by atoms with E-state index in [0.29, 0.717) is 11.3 Å². The minimum atomic E-state index is -0.770. The first-order valence-corrected chi connectivity index (χ1v) is 6.34. The van der Waals surface area contributed by atoms with Crippen molar-refractivity contribution in [2.24, 2.45) is 4.99 Å². The normalized spacial score (nSPS) is 11.4. The molecule has 0 atom stereocenters. The van der Waals surface area contributed by atoms with E-state index in [0.717, 1.165) is 0 Å². The number of carbonyl (C=O) groups excluding carboxylic acids is 2. The molecule has 1 aromatic rings. The Labute approximate surface area is 119 Å². The molecule has 0 radical (unpaired) electrons. The van der Waals surface area contributed by atoms with Crippen molar-refractivity contribution in [1.82, 2.24) is 0 Å². The van der Waals surface area contributed by atoms with Crippen molar-refractivity contribution in [3.8, 4) is 0 Å². The Morgan fingerprint density at radius 2 is 1.80 bits per heavy atom. The lowest BCUT2D eigenvalue weighted by Crippen LogP contribution is -2.28. The highest BCUT2D eigenvalue weighted by atomic mass is 16.6. The van der Waals surface area contributed by atoms with E-state index >= 15 is 0 Å². The van der Waals surface area contributed by atoms with Crippen molar-refractivity contribution in [3.05, 3.63) is 29.8 Å². The zero-order chi connectivity index (χ0) is 15.4. The van der Waals surface area contributed by atoms with Crippen LogP contribution < -0.4 is 5.32 Å². The summed E-state index contributed by atoms with van der Waals surface area (Å²) in [5, 5.41) is 2.68. The van der Waals surface area contributed by atoms with Crippen molar-refractivity contribution in [2.75, 3.05) is 5.32 Å². The number of benzene rings is 1. The molecule has 0 saturated heterocycles. The van der Waals surface area contributed by atoms with Crippen molar-refractivity contribution in [3.63, 3.8) is 0 Å². The Hall–Kier alpha value is -2.13. The maximum absolute atomic E-state index is 11.8. The van der Waals surface area contributed by atoms with Crippen LogP contribution in [0.5, 0.6) is 0 Å². The van der Waals surface area contributed by atoms with E-state index in [1.165, 1.54) is 0 Å². The van der Waals surface area contributed by atoms with Crippen LogP contribution in [0.3, 0.4) is 0 Å². The highest BCUT2D eigenvalue weighted by Gasteiger charge is 2.24. The molecule has 0 saturated carbocycles. The first-order chi connectivity index (χ1) is 9.15. The Balaban J connectivity index is 3.03. The summed E-state index contributed by atoms with van der Waals surface area (Å²) in [6.07, 6.45) is 1.01. The Kier molecular flexibility index (Phi) is 4.69. The number of amides is 1. The highest BCUT2D eigenvalue weighted by Crippen LogP contribution is 2.31. The SMILES string of the molecule is CC(C)(C)OC(=O)Nc1ccccc1C(C)(C)N=C=O. The van der Waals surface area contributed by atoms with Crippen LogP contribution in [0, 0.1) is 0 Å². The number of nitrogens with one attached hydrogen (secondary N) is 1. The van der Waals surface area contributed by atoms with E-state index in [2.05, 4.69) is 10.3 Å². The summed E-state index contributed by atoms with van der Waals surface area (Å²) in [5.74, 6) is 0. The van der Waals surface area contributed by atoms with E-state index in [1.54, 1.807) is 58.9 Å². The molecule has 0 fully saturated rings. The molecule has 1 amide bonds. The van der Waals surface area contributed by atoms with Crippen molar-refractivity contribution in [1.29, 1.82) is 0 Å². The van der Waals surface area contributed by atoms with Gasteiger partial charge in [-0.1, -0.05) is 18.2 Å². The van der Waals surface area contributed by atoms with Gasteiger partial charge in [0.1, 0.15) is 5.60 Å². The Morgan fingerprint density at radius 1 is 1.20 bits per heavy atom. The van der Waals surface area contributed by atoms with E-state index in [9.17, 15) is 9.59 Å². The van der Waals surface area contributed by atoms with Gasteiger partial charge in [0.2, 0.25) is 6.08 Å². The van der Waals surface area contributed by atoms with Gasteiger partial charge in [0.25, 0.3) is 0 Å². The van der Waals surface area contributed by atoms with Gasteiger partial charge in [0.15, 0.2) is 0 Å². The molecule has 0 spiro atoms. The van der Waals surface area contributed by atoms with Crippen LogP contribution >= 0.6 is 0 Å². The predicted octanol–water partition coefficient (Wildman–Crippen LogP) is 3.60. The summed E-state index contributed by atoms with van der Waals surface area (Å²) >= 11 is 0. The quantitative estimate of drug-likeness (QED) is 0.677. The summed E-state index contributed by atoms with van der Waals surface area (Å²) in [7, 11) is 0. The topological polar surface area (TPSA) is 67.8 Å². The molecule has 0 bridgehead atoms. The first kappa shape index (κ1) is 15.9. The average Bonchev–Trinajstić information content (AvgIpc) is 2.26. The molecular weight excluding hydrogens is 256 g/mol. The second-order valence-corrected chi connectivity index (χ2v) is 5.93. The molecule has 0 heterocycles. The van der Waals surface area contributed by atoms with E-state index in [1.807, 2.05) is 6.07 Å². The first-order valence-electron chi connectivity index (χ1n) is 6.34. The Morgan fingerprint density at radius 3 is 2.35 bits per heavy atom. The number of nitrogens with zero attached hydrogens (tertiary/aromatic N) is 1. The average molecular weight is 276 g/mol.